The van der Waals surface area contributed by atoms with Crippen LogP contribution in [-0.2, 0) is 45.2 Å². The molecule has 5 unspecified atom stereocenters. The normalized spacial score (nSPS) is 13.8. The summed E-state index contributed by atoms with van der Waals surface area (Å²) in [6.45, 7) is 8.93. The summed E-state index contributed by atoms with van der Waals surface area (Å²) in [5.74, 6) is -1.20. The van der Waals surface area contributed by atoms with Crippen molar-refractivity contribution >= 4 is 23.8 Å². The number of aromatic nitrogens is 1. The van der Waals surface area contributed by atoms with E-state index in [0.29, 0.717) is 22.6 Å². The Bertz CT molecular complexity index is 1990. The highest BCUT2D eigenvalue weighted by Crippen LogP contribution is 2.24. The van der Waals surface area contributed by atoms with Gasteiger partial charge in [-0.3, -0.25) is 24.7 Å². The molecule has 0 saturated heterocycles. The van der Waals surface area contributed by atoms with Gasteiger partial charge in [-0.05, 0) is 70.8 Å². The van der Waals surface area contributed by atoms with Crippen molar-refractivity contribution in [3.8, 4) is 17.2 Å². The summed E-state index contributed by atoms with van der Waals surface area (Å²) in [7, 11) is 3.03. The summed E-state index contributed by atoms with van der Waals surface area (Å²) in [5.41, 5.74) is 1.87. The average molecular weight is 827 g/mol. The molecule has 1 heterocycles. The van der Waals surface area contributed by atoms with Crippen LogP contribution >= 0.6 is 0 Å². The van der Waals surface area contributed by atoms with E-state index >= 15 is 0 Å². The van der Waals surface area contributed by atoms with Gasteiger partial charge in [0.25, 0.3) is 0 Å². The maximum atomic E-state index is 14.4. The number of benzene rings is 3. The van der Waals surface area contributed by atoms with Crippen LogP contribution in [0.2, 0.25) is 0 Å². The molecular formula is C45H58N6O9. The highest BCUT2D eigenvalue weighted by atomic mass is 16.5. The number of alkyl carbamates (subject to hydrolysis) is 1. The number of nitrogens with zero attached hydrogens (tertiary/aromatic N) is 1. The summed E-state index contributed by atoms with van der Waals surface area (Å²) < 4.78 is 15.9. The molecule has 322 valence electrons. The molecule has 0 radical (unpaired) electrons. The molecule has 4 rings (SSSR count). The Kier molecular flexibility index (Phi) is 17.2. The number of carbonyl (C=O) groups is 4. The third kappa shape index (κ3) is 14.0. The molecule has 15 nitrogen and oxygen atoms in total. The third-order valence-electron chi connectivity index (χ3n) is 9.85. The summed E-state index contributed by atoms with van der Waals surface area (Å²) in [6.07, 6.45) is 0.867. The number of amides is 4. The van der Waals surface area contributed by atoms with Crippen molar-refractivity contribution in [1.29, 1.82) is 0 Å². The van der Waals surface area contributed by atoms with Crippen LogP contribution in [0, 0.1) is 11.3 Å². The lowest BCUT2D eigenvalue weighted by Gasteiger charge is -2.35. The van der Waals surface area contributed by atoms with Gasteiger partial charge in [-0.2, -0.15) is 0 Å². The number of phenolic OH excluding ortho intramolecular Hbond substituents is 1. The number of carbonyl (C=O) groups excluding carboxylic acids is 4. The molecule has 0 aliphatic heterocycles. The number of aliphatic hydroxyl groups excluding tert-OH is 1. The highest BCUT2D eigenvalue weighted by Gasteiger charge is 2.39. The number of pyridine rings is 1. The first-order valence-electron chi connectivity index (χ1n) is 19.7. The zero-order valence-electron chi connectivity index (χ0n) is 35.2. The maximum Gasteiger partial charge on any atom is 0.408 e. The van der Waals surface area contributed by atoms with Crippen LogP contribution in [0.25, 0.3) is 0 Å². The van der Waals surface area contributed by atoms with E-state index in [9.17, 15) is 29.4 Å². The lowest BCUT2D eigenvalue weighted by molar-refractivity contribution is -0.134. The van der Waals surface area contributed by atoms with Crippen LogP contribution < -0.4 is 36.1 Å². The number of aromatic hydroxyl groups is 1. The molecule has 60 heavy (non-hydrogen) atoms. The van der Waals surface area contributed by atoms with Gasteiger partial charge < -0.3 is 45.7 Å². The van der Waals surface area contributed by atoms with Crippen LogP contribution in [0.5, 0.6) is 17.2 Å². The molecule has 0 spiro atoms. The minimum absolute atomic E-state index is 0.0268. The number of ether oxygens (including phenoxy) is 3. The summed E-state index contributed by atoms with van der Waals surface area (Å²) in [4.78, 5) is 59.3. The molecule has 0 aliphatic carbocycles. The maximum absolute atomic E-state index is 14.4. The largest absolute Gasteiger partial charge is 0.507 e. The van der Waals surface area contributed by atoms with Crippen molar-refractivity contribution in [2.45, 2.75) is 91.0 Å². The van der Waals surface area contributed by atoms with E-state index in [0.717, 1.165) is 11.1 Å². The van der Waals surface area contributed by atoms with Gasteiger partial charge in [-0.1, -0.05) is 77.1 Å². The van der Waals surface area contributed by atoms with Gasteiger partial charge >= 0.3 is 6.09 Å². The van der Waals surface area contributed by atoms with E-state index in [1.807, 2.05) is 42.5 Å². The molecule has 0 saturated carbocycles. The number of rotatable bonds is 20. The van der Waals surface area contributed by atoms with Gasteiger partial charge in [0.2, 0.25) is 17.7 Å². The topological polar surface area (TPSA) is 209 Å². The van der Waals surface area contributed by atoms with E-state index in [-0.39, 0.29) is 31.9 Å². The van der Waals surface area contributed by atoms with Crippen LogP contribution in [0.15, 0.2) is 97.3 Å². The SMILES string of the molecule is COc1ccc(CNC(C(=O)NC(C(=O)NCc2ccc(OC)cc2O)C(C)C)C(O)C(Cc2ccccc2)NC(=O)C(NC(=O)OCc2ccncc2)C(C)(C)C)cc1. The van der Waals surface area contributed by atoms with Crippen molar-refractivity contribution in [3.63, 3.8) is 0 Å². The molecular weight excluding hydrogens is 769 g/mol. The number of hydrogen-bond acceptors (Lipinski definition) is 11. The Balaban J connectivity index is 1.61. The molecule has 0 fully saturated rings. The number of aliphatic hydroxyl groups is 1. The second kappa shape index (κ2) is 22.3. The predicted molar refractivity (Wildman–Crippen MR) is 226 cm³/mol. The predicted octanol–water partition coefficient (Wildman–Crippen LogP) is 4.15. The zero-order chi connectivity index (χ0) is 43.8. The lowest BCUT2D eigenvalue weighted by Crippen LogP contribution is -2.63. The van der Waals surface area contributed by atoms with Crippen LogP contribution in [0.3, 0.4) is 0 Å². The fraction of sp³-hybridized carbons (Fsp3) is 0.400. The first-order valence-corrected chi connectivity index (χ1v) is 19.7. The Morgan fingerprint density at radius 1 is 0.717 bits per heavy atom. The van der Waals surface area contributed by atoms with Crippen molar-refractivity contribution in [2.24, 2.45) is 11.3 Å². The van der Waals surface area contributed by atoms with E-state index in [4.69, 9.17) is 14.2 Å². The van der Waals surface area contributed by atoms with Gasteiger partial charge in [0, 0.05) is 37.1 Å². The number of phenols is 1. The fourth-order valence-electron chi connectivity index (χ4n) is 6.32. The van der Waals surface area contributed by atoms with Crippen molar-refractivity contribution in [1.82, 2.24) is 31.6 Å². The minimum Gasteiger partial charge on any atom is -0.507 e. The van der Waals surface area contributed by atoms with Gasteiger partial charge in [-0.15, -0.1) is 0 Å². The molecule has 4 aromatic rings. The zero-order valence-corrected chi connectivity index (χ0v) is 35.2. The van der Waals surface area contributed by atoms with Crippen LogP contribution in [-0.4, -0.2) is 83.5 Å². The Labute approximate surface area is 351 Å². The second-order valence-corrected chi connectivity index (χ2v) is 15.8. The van der Waals surface area contributed by atoms with Gasteiger partial charge in [0.05, 0.1) is 26.4 Å². The second-order valence-electron chi connectivity index (χ2n) is 15.8. The number of nitrogens with one attached hydrogen (secondary N) is 5. The fourth-order valence-corrected chi connectivity index (χ4v) is 6.32. The smallest absolute Gasteiger partial charge is 0.408 e. The number of methoxy groups -OCH3 is 2. The molecule has 5 atom stereocenters. The molecule has 0 aliphatic rings. The van der Waals surface area contributed by atoms with Gasteiger partial charge in [0.15, 0.2) is 0 Å². The monoisotopic (exact) mass is 826 g/mol. The van der Waals surface area contributed by atoms with Crippen LogP contribution in [0.1, 0.15) is 56.9 Å². The number of hydrogen-bond donors (Lipinski definition) is 7. The Morgan fingerprint density at radius 2 is 1.37 bits per heavy atom. The molecule has 3 aromatic carbocycles. The summed E-state index contributed by atoms with van der Waals surface area (Å²) in [6, 6.07) is 19.8. The molecule has 4 amide bonds. The first-order chi connectivity index (χ1) is 28.6. The lowest BCUT2D eigenvalue weighted by atomic mass is 9.85. The summed E-state index contributed by atoms with van der Waals surface area (Å²) in [5, 5.41) is 37.1. The van der Waals surface area contributed by atoms with Crippen molar-refractivity contribution < 1.29 is 43.6 Å². The quantitative estimate of drug-likeness (QED) is 0.0674. The third-order valence-corrected chi connectivity index (χ3v) is 9.85. The van der Waals surface area contributed by atoms with E-state index in [1.165, 1.54) is 13.2 Å². The van der Waals surface area contributed by atoms with Crippen molar-refractivity contribution in [2.75, 3.05) is 14.2 Å². The van der Waals surface area contributed by atoms with Crippen LogP contribution in [0.4, 0.5) is 4.79 Å². The Hall–Kier alpha value is -6.19. The summed E-state index contributed by atoms with van der Waals surface area (Å²) >= 11 is 0. The molecule has 15 heteroatoms. The molecule has 0 bridgehead atoms. The molecule has 1 aromatic heterocycles. The average Bonchev–Trinajstić information content (AvgIpc) is 3.23. The van der Waals surface area contributed by atoms with E-state index in [2.05, 4.69) is 31.6 Å². The van der Waals surface area contributed by atoms with Gasteiger partial charge in [-0.25, -0.2) is 4.79 Å². The Morgan fingerprint density at radius 3 is 1.97 bits per heavy atom. The van der Waals surface area contributed by atoms with E-state index in [1.54, 1.807) is 90.5 Å². The van der Waals surface area contributed by atoms with Gasteiger partial charge in [0.1, 0.15) is 42.0 Å². The van der Waals surface area contributed by atoms with Crippen molar-refractivity contribution in [3.05, 3.63) is 120 Å². The van der Waals surface area contributed by atoms with E-state index < -0.39 is 65.4 Å². The highest BCUT2D eigenvalue weighted by molar-refractivity contribution is 5.91. The minimum atomic E-state index is -1.57. The first kappa shape index (κ1) is 46.5. The standard InChI is InChI=1S/C45H58N6O9/c1-28(2)37(41(54)48-26-32-15-18-34(59-7)24-36(32)52)50-42(55)38(47-25-30-13-16-33(58-6)17-14-30)39(53)35(23-29-11-9-8-10-12-29)49-43(56)40(45(3,4)5)51-44(57)60-27-31-19-21-46-22-20-31/h8-22,24,28,35,37-40,47,52-53H,23,25-27H2,1-7H3,(H,48,54)(H,49,56)(H,50,55)(H,51,57). The molecule has 7 N–H and O–H groups in total.